The third-order valence-corrected chi connectivity index (χ3v) is 6.18. The lowest BCUT2D eigenvalue weighted by Gasteiger charge is -2.37. The van der Waals surface area contributed by atoms with Crippen molar-refractivity contribution in [3.8, 4) is 0 Å². The number of aryl methyl sites for hydroxylation is 1. The number of hydrogen-bond donors (Lipinski definition) is 0. The average Bonchev–Trinajstić information content (AvgIpc) is 2.70. The molecule has 0 bridgehead atoms. The van der Waals surface area contributed by atoms with Gasteiger partial charge in [0.2, 0.25) is 0 Å². The third kappa shape index (κ3) is 4.66. The molecule has 27 heavy (non-hydrogen) atoms. The zero-order chi connectivity index (χ0) is 19.2. The SMILES string of the molecule is COCCSc1ccccc1C(=O)N1CCN(c2cccc(C)c2C)CC1. The van der Waals surface area contributed by atoms with Gasteiger partial charge < -0.3 is 14.5 Å². The summed E-state index contributed by atoms with van der Waals surface area (Å²) in [5.74, 6) is 0.984. The molecule has 0 unspecified atom stereocenters. The van der Waals surface area contributed by atoms with Gasteiger partial charge in [0.15, 0.2) is 0 Å². The number of amides is 1. The van der Waals surface area contributed by atoms with Crippen LogP contribution in [0.1, 0.15) is 21.5 Å². The molecule has 0 N–H and O–H groups in total. The summed E-state index contributed by atoms with van der Waals surface area (Å²) in [7, 11) is 1.70. The van der Waals surface area contributed by atoms with Gasteiger partial charge in [0.25, 0.3) is 5.91 Å². The highest BCUT2D eigenvalue weighted by Crippen LogP contribution is 2.26. The van der Waals surface area contributed by atoms with Crippen molar-refractivity contribution in [3.05, 3.63) is 59.2 Å². The Hall–Kier alpha value is -1.98. The molecule has 0 spiro atoms. The molecule has 1 heterocycles. The molecule has 1 saturated heterocycles. The first kappa shape index (κ1) is 19.8. The van der Waals surface area contributed by atoms with E-state index in [1.54, 1.807) is 18.9 Å². The van der Waals surface area contributed by atoms with Crippen LogP contribution in [0.2, 0.25) is 0 Å². The fourth-order valence-corrected chi connectivity index (χ4v) is 4.36. The third-order valence-electron chi connectivity index (χ3n) is 5.15. The number of carbonyl (C=O) groups is 1. The van der Waals surface area contributed by atoms with E-state index in [4.69, 9.17) is 4.74 Å². The van der Waals surface area contributed by atoms with Crippen LogP contribution in [0, 0.1) is 13.8 Å². The molecule has 144 valence electrons. The monoisotopic (exact) mass is 384 g/mol. The largest absolute Gasteiger partial charge is 0.384 e. The Morgan fingerprint density at radius 1 is 1.04 bits per heavy atom. The van der Waals surface area contributed by atoms with Crippen LogP contribution in [0.25, 0.3) is 0 Å². The number of anilines is 1. The van der Waals surface area contributed by atoms with Gasteiger partial charge in [-0.3, -0.25) is 4.79 Å². The predicted octanol–water partition coefficient (Wildman–Crippen LogP) is 4.00. The number of ether oxygens (including phenoxy) is 1. The van der Waals surface area contributed by atoms with E-state index in [0.717, 1.165) is 42.4 Å². The second kappa shape index (κ2) is 9.29. The normalized spacial score (nSPS) is 14.5. The van der Waals surface area contributed by atoms with Gasteiger partial charge in [0.05, 0.1) is 12.2 Å². The fourth-order valence-electron chi connectivity index (χ4n) is 3.40. The molecule has 0 saturated carbocycles. The molecule has 1 aliphatic rings. The van der Waals surface area contributed by atoms with Crippen LogP contribution in [0.5, 0.6) is 0 Å². The molecule has 0 aromatic heterocycles. The lowest BCUT2D eigenvalue weighted by molar-refractivity contribution is 0.0743. The van der Waals surface area contributed by atoms with E-state index in [2.05, 4.69) is 36.9 Å². The Bertz CT molecular complexity index is 786. The Labute approximate surface area is 166 Å². The highest BCUT2D eigenvalue weighted by molar-refractivity contribution is 7.99. The standard InChI is InChI=1S/C22H28N2O2S/c1-17-7-6-9-20(18(17)2)23-11-13-24(14-12-23)22(25)19-8-4-5-10-21(19)27-16-15-26-3/h4-10H,11-16H2,1-3H3. The first-order chi connectivity index (χ1) is 13.1. The number of rotatable bonds is 6. The Kier molecular flexibility index (Phi) is 6.80. The van der Waals surface area contributed by atoms with Crippen molar-refractivity contribution in [2.45, 2.75) is 18.7 Å². The van der Waals surface area contributed by atoms with Gasteiger partial charge in [-0.05, 0) is 43.2 Å². The maximum atomic E-state index is 13.1. The van der Waals surface area contributed by atoms with Gasteiger partial charge in [0, 0.05) is 49.6 Å². The highest BCUT2D eigenvalue weighted by Gasteiger charge is 2.24. The van der Waals surface area contributed by atoms with Crippen molar-refractivity contribution in [3.63, 3.8) is 0 Å². The minimum atomic E-state index is 0.135. The van der Waals surface area contributed by atoms with E-state index >= 15 is 0 Å². The summed E-state index contributed by atoms with van der Waals surface area (Å²) in [5.41, 5.74) is 4.74. The second-order valence-electron chi connectivity index (χ2n) is 6.84. The lowest BCUT2D eigenvalue weighted by Crippen LogP contribution is -2.49. The van der Waals surface area contributed by atoms with Crippen LogP contribution in [0.3, 0.4) is 0 Å². The Balaban J connectivity index is 1.66. The van der Waals surface area contributed by atoms with Gasteiger partial charge >= 0.3 is 0 Å². The Morgan fingerprint density at radius 2 is 1.78 bits per heavy atom. The zero-order valence-corrected chi connectivity index (χ0v) is 17.2. The van der Waals surface area contributed by atoms with E-state index in [1.807, 2.05) is 29.2 Å². The molecule has 0 radical (unpaired) electrons. The summed E-state index contributed by atoms with van der Waals surface area (Å²) >= 11 is 1.68. The topological polar surface area (TPSA) is 32.8 Å². The minimum Gasteiger partial charge on any atom is -0.384 e. The first-order valence-electron chi connectivity index (χ1n) is 9.43. The Morgan fingerprint density at radius 3 is 2.52 bits per heavy atom. The molecule has 2 aromatic rings. The summed E-state index contributed by atoms with van der Waals surface area (Å²) in [6.45, 7) is 8.25. The van der Waals surface area contributed by atoms with Crippen LogP contribution in [-0.2, 0) is 4.74 Å². The summed E-state index contributed by atoms with van der Waals surface area (Å²) in [6.07, 6.45) is 0. The van der Waals surface area contributed by atoms with Gasteiger partial charge in [-0.15, -0.1) is 11.8 Å². The quantitative estimate of drug-likeness (QED) is 0.557. The molecular formula is C22H28N2O2S. The molecule has 4 nitrogen and oxygen atoms in total. The number of nitrogens with zero attached hydrogens (tertiary/aromatic N) is 2. The van der Waals surface area contributed by atoms with Crippen molar-refractivity contribution >= 4 is 23.4 Å². The fraction of sp³-hybridized carbons (Fsp3) is 0.409. The molecule has 0 atom stereocenters. The number of thioether (sulfide) groups is 1. The maximum Gasteiger partial charge on any atom is 0.255 e. The summed E-state index contributed by atoms with van der Waals surface area (Å²) < 4.78 is 5.13. The molecule has 3 rings (SSSR count). The van der Waals surface area contributed by atoms with Crippen molar-refractivity contribution < 1.29 is 9.53 Å². The number of hydrogen-bond acceptors (Lipinski definition) is 4. The van der Waals surface area contributed by atoms with Crippen LogP contribution in [0.4, 0.5) is 5.69 Å². The molecule has 1 fully saturated rings. The number of piperazine rings is 1. The summed E-state index contributed by atoms with van der Waals surface area (Å²) in [6, 6.07) is 14.3. The van der Waals surface area contributed by atoms with E-state index < -0.39 is 0 Å². The molecular weight excluding hydrogens is 356 g/mol. The smallest absolute Gasteiger partial charge is 0.255 e. The molecule has 2 aromatic carbocycles. The van der Waals surface area contributed by atoms with Gasteiger partial charge in [-0.2, -0.15) is 0 Å². The second-order valence-corrected chi connectivity index (χ2v) is 7.97. The van der Waals surface area contributed by atoms with Crippen molar-refractivity contribution in [1.29, 1.82) is 0 Å². The number of methoxy groups -OCH3 is 1. The highest BCUT2D eigenvalue weighted by atomic mass is 32.2. The summed E-state index contributed by atoms with van der Waals surface area (Å²) in [4.78, 5) is 18.5. The van der Waals surface area contributed by atoms with Crippen molar-refractivity contribution in [2.75, 3.05) is 50.5 Å². The van der Waals surface area contributed by atoms with E-state index in [-0.39, 0.29) is 5.91 Å². The molecule has 5 heteroatoms. The van der Waals surface area contributed by atoms with Gasteiger partial charge in [0.1, 0.15) is 0 Å². The predicted molar refractivity (Wildman–Crippen MR) is 113 cm³/mol. The van der Waals surface area contributed by atoms with Crippen LogP contribution in [0.15, 0.2) is 47.4 Å². The van der Waals surface area contributed by atoms with Crippen LogP contribution >= 0.6 is 11.8 Å². The lowest BCUT2D eigenvalue weighted by atomic mass is 10.1. The van der Waals surface area contributed by atoms with E-state index in [9.17, 15) is 4.79 Å². The molecule has 1 amide bonds. The molecule has 0 aliphatic carbocycles. The first-order valence-corrected chi connectivity index (χ1v) is 10.4. The summed E-state index contributed by atoms with van der Waals surface area (Å²) in [5, 5.41) is 0. The van der Waals surface area contributed by atoms with Crippen LogP contribution < -0.4 is 4.90 Å². The molecule has 1 aliphatic heterocycles. The maximum absolute atomic E-state index is 13.1. The minimum absolute atomic E-state index is 0.135. The van der Waals surface area contributed by atoms with Crippen molar-refractivity contribution in [1.82, 2.24) is 4.90 Å². The average molecular weight is 385 g/mol. The zero-order valence-electron chi connectivity index (χ0n) is 16.4. The van der Waals surface area contributed by atoms with Crippen LogP contribution in [-0.4, -0.2) is 56.5 Å². The van der Waals surface area contributed by atoms with Gasteiger partial charge in [-0.1, -0.05) is 24.3 Å². The van der Waals surface area contributed by atoms with E-state index in [1.165, 1.54) is 16.8 Å². The number of carbonyl (C=O) groups excluding carboxylic acids is 1. The van der Waals surface area contributed by atoms with Gasteiger partial charge in [-0.25, -0.2) is 0 Å². The van der Waals surface area contributed by atoms with E-state index in [0.29, 0.717) is 6.61 Å². The number of benzene rings is 2. The van der Waals surface area contributed by atoms with Crippen molar-refractivity contribution in [2.24, 2.45) is 0 Å².